The fraction of sp³-hybridized carbons (Fsp3) is 0.417. The summed E-state index contributed by atoms with van der Waals surface area (Å²) < 4.78 is 4.88. The number of nitrogens with zero attached hydrogens (tertiary/aromatic N) is 1. The van der Waals surface area contributed by atoms with Crippen molar-refractivity contribution < 1.29 is 19.7 Å². The number of benzene rings is 1. The SMILES string of the molecule is CN(C)c1ccc(C(=O)OC(CO)CO)cc1. The highest BCUT2D eigenvalue weighted by Gasteiger charge is 2.14. The summed E-state index contributed by atoms with van der Waals surface area (Å²) in [5.74, 6) is -0.552. The molecule has 2 N–H and O–H groups in total. The predicted octanol–water partition coefficient (Wildman–Crippen LogP) is 0.263. The fourth-order valence-electron chi connectivity index (χ4n) is 1.25. The molecule has 17 heavy (non-hydrogen) atoms. The van der Waals surface area contributed by atoms with Crippen molar-refractivity contribution in [3.63, 3.8) is 0 Å². The highest BCUT2D eigenvalue weighted by molar-refractivity contribution is 5.89. The van der Waals surface area contributed by atoms with Gasteiger partial charge in [0.15, 0.2) is 0 Å². The summed E-state index contributed by atoms with van der Waals surface area (Å²) in [6.45, 7) is -0.782. The lowest BCUT2D eigenvalue weighted by molar-refractivity contribution is -0.00544. The Morgan fingerprint density at radius 3 is 2.18 bits per heavy atom. The molecule has 5 nitrogen and oxygen atoms in total. The first-order chi connectivity index (χ1) is 8.08. The van der Waals surface area contributed by atoms with E-state index in [-0.39, 0.29) is 0 Å². The van der Waals surface area contributed by atoms with Crippen molar-refractivity contribution >= 4 is 11.7 Å². The van der Waals surface area contributed by atoms with E-state index >= 15 is 0 Å². The van der Waals surface area contributed by atoms with E-state index < -0.39 is 25.3 Å². The summed E-state index contributed by atoms with van der Waals surface area (Å²) in [6, 6.07) is 6.87. The molecule has 0 aliphatic carbocycles. The van der Waals surface area contributed by atoms with E-state index in [1.165, 1.54) is 0 Å². The largest absolute Gasteiger partial charge is 0.454 e. The van der Waals surface area contributed by atoms with Crippen LogP contribution >= 0.6 is 0 Å². The van der Waals surface area contributed by atoms with Gasteiger partial charge in [-0.1, -0.05) is 0 Å². The Kier molecular flexibility index (Phi) is 4.93. The first-order valence-electron chi connectivity index (χ1n) is 5.28. The highest BCUT2D eigenvalue weighted by Crippen LogP contribution is 2.13. The van der Waals surface area contributed by atoms with Gasteiger partial charge in [-0.25, -0.2) is 4.79 Å². The maximum Gasteiger partial charge on any atom is 0.338 e. The Labute approximate surface area is 100 Å². The molecule has 1 aromatic carbocycles. The number of esters is 1. The van der Waals surface area contributed by atoms with Gasteiger partial charge in [0.05, 0.1) is 18.8 Å². The Hall–Kier alpha value is -1.59. The topological polar surface area (TPSA) is 70.0 Å². The van der Waals surface area contributed by atoms with Crippen LogP contribution in [0, 0.1) is 0 Å². The number of carbonyl (C=O) groups excluding carboxylic acids is 1. The second-order valence-corrected chi connectivity index (χ2v) is 3.83. The van der Waals surface area contributed by atoms with Gasteiger partial charge in [0.25, 0.3) is 0 Å². The van der Waals surface area contributed by atoms with Crippen LogP contribution in [0.2, 0.25) is 0 Å². The minimum atomic E-state index is -0.865. The van der Waals surface area contributed by atoms with Gasteiger partial charge in [0.1, 0.15) is 6.10 Å². The average molecular weight is 239 g/mol. The van der Waals surface area contributed by atoms with Gasteiger partial charge in [-0.3, -0.25) is 0 Å². The number of hydrogen-bond acceptors (Lipinski definition) is 5. The molecule has 5 heteroatoms. The molecule has 0 saturated heterocycles. The van der Waals surface area contributed by atoms with Gasteiger partial charge in [-0.05, 0) is 24.3 Å². The molecule has 0 atom stereocenters. The van der Waals surface area contributed by atoms with Crippen molar-refractivity contribution in [2.75, 3.05) is 32.2 Å². The first kappa shape index (κ1) is 13.5. The molecule has 0 amide bonds. The normalized spacial score (nSPS) is 10.4. The van der Waals surface area contributed by atoms with Crippen molar-refractivity contribution in [1.29, 1.82) is 0 Å². The van der Waals surface area contributed by atoms with Gasteiger partial charge < -0.3 is 19.8 Å². The lowest BCUT2D eigenvalue weighted by Gasteiger charge is -2.14. The van der Waals surface area contributed by atoms with E-state index in [2.05, 4.69) is 0 Å². The van der Waals surface area contributed by atoms with Crippen molar-refractivity contribution in [3.8, 4) is 0 Å². The molecule has 94 valence electrons. The van der Waals surface area contributed by atoms with Crippen LogP contribution < -0.4 is 4.90 Å². The molecule has 0 fully saturated rings. The average Bonchev–Trinajstić information content (AvgIpc) is 2.35. The van der Waals surface area contributed by atoms with Crippen LogP contribution in [0.5, 0.6) is 0 Å². The second kappa shape index (κ2) is 6.22. The number of carbonyl (C=O) groups is 1. The second-order valence-electron chi connectivity index (χ2n) is 3.83. The summed E-state index contributed by atoms with van der Waals surface area (Å²) >= 11 is 0. The lowest BCUT2D eigenvalue weighted by Crippen LogP contribution is -2.25. The number of aliphatic hydroxyl groups excluding tert-OH is 2. The maximum atomic E-state index is 11.6. The standard InChI is InChI=1S/C12H17NO4/c1-13(2)10-5-3-9(4-6-10)12(16)17-11(7-14)8-15/h3-6,11,14-15H,7-8H2,1-2H3. The first-order valence-corrected chi connectivity index (χ1v) is 5.28. The van der Waals surface area contributed by atoms with Crippen LogP contribution in [-0.4, -0.2) is 49.6 Å². The van der Waals surface area contributed by atoms with Crippen LogP contribution in [0.3, 0.4) is 0 Å². The monoisotopic (exact) mass is 239 g/mol. The molecule has 0 aliphatic rings. The van der Waals surface area contributed by atoms with Crippen LogP contribution in [0.1, 0.15) is 10.4 Å². The third-order valence-electron chi connectivity index (χ3n) is 2.30. The molecule has 0 aliphatic heterocycles. The summed E-state index contributed by atoms with van der Waals surface area (Å²) in [7, 11) is 3.81. The third-order valence-corrected chi connectivity index (χ3v) is 2.30. The Balaban J connectivity index is 2.69. The zero-order valence-electron chi connectivity index (χ0n) is 9.96. The number of rotatable bonds is 5. The number of anilines is 1. The summed E-state index contributed by atoms with van der Waals surface area (Å²) in [4.78, 5) is 13.5. The molecule has 1 aromatic rings. The van der Waals surface area contributed by atoms with Crippen molar-refractivity contribution in [3.05, 3.63) is 29.8 Å². The molecule has 0 saturated carbocycles. The predicted molar refractivity (Wildman–Crippen MR) is 64.1 cm³/mol. The van der Waals surface area contributed by atoms with Crippen LogP contribution in [0.15, 0.2) is 24.3 Å². The molecular formula is C12H17NO4. The number of hydrogen-bond donors (Lipinski definition) is 2. The van der Waals surface area contributed by atoms with E-state index in [0.717, 1.165) is 5.69 Å². The van der Waals surface area contributed by atoms with E-state index in [4.69, 9.17) is 14.9 Å². The highest BCUT2D eigenvalue weighted by atomic mass is 16.6. The molecule has 0 spiro atoms. The summed E-state index contributed by atoms with van der Waals surface area (Å²) in [5.41, 5.74) is 1.37. The number of ether oxygens (including phenoxy) is 1. The fourth-order valence-corrected chi connectivity index (χ4v) is 1.25. The van der Waals surface area contributed by atoms with Crippen LogP contribution in [0.25, 0.3) is 0 Å². The van der Waals surface area contributed by atoms with E-state index in [1.807, 2.05) is 19.0 Å². The third kappa shape index (κ3) is 3.72. The van der Waals surface area contributed by atoms with Crippen LogP contribution in [-0.2, 0) is 4.74 Å². The van der Waals surface area contributed by atoms with Crippen molar-refractivity contribution in [2.45, 2.75) is 6.10 Å². The molecule has 0 aromatic heterocycles. The zero-order chi connectivity index (χ0) is 12.8. The molecule has 0 bridgehead atoms. The van der Waals surface area contributed by atoms with Crippen molar-refractivity contribution in [2.24, 2.45) is 0 Å². The van der Waals surface area contributed by atoms with Gasteiger partial charge in [-0.15, -0.1) is 0 Å². The Morgan fingerprint density at radius 2 is 1.76 bits per heavy atom. The Bertz CT molecular complexity index is 357. The van der Waals surface area contributed by atoms with E-state index in [1.54, 1.807) is 24.3 Å². The quantitative estimate of drug-likeness (QED) is 0.721. The van der Waals surface area contributed by atoms with E-state index in [9.17, 15) is 4.79 Å². The van der Waals surface area contributed by atoms with E-state index in [0.29, 0.717) is 5.56 Å². The van der Waals surface area contributed by atoms with Gasteiger partial charge in [0, 0.05) is 19.8 Å². The van der Waals surface area contributed by atoms with Gasteiger partial charge in [0.2, 0.25) is 0 Å². The minimum Gasteiger partial charge on any atom is -0.454 e. The Morgan fingerprint density at radius 1 is 1.24 bits per heavy atom. The summed E-state index contributed by atoms with van der Waals surface area (Å²) in [5, 5.41) is 17.6. The summed E-state index contributed by atoms with van der Waals surface area (Å²) in [6.07, 6.45) is -0.865. The van der Waals surface area contributed by atoms with Crippen LogP contribution in [0.4, 0.5) is 5.69 Å². The maximum absolute atomic E-state index is 11.6. The lowest BCUT2D eigenvalue weighted by atomic mass is 10.2. The van der Waals surface area contributed by atoms with Gasteiger partial charge in [-0.2, -0.15) is 0 Å². The molecule has 0 radical (unpaired) electrons. The molecule has 0 unspecified atom stereocenters. The molecular weight excluding hydrogens is 222 g/mol. The smallest absolute Gasteiger partial charge is 0.338 e. The molecule has 1 rings (SSSR count). The zero-order valence-corrected chi connectivity index (χ0v) is 9.96. The van der Waals surface area contributed by atoms with Crippen molar-refractivity contribution in [1.82, 2.24) is 0 Å². The number of aliphatic hydroxyl groups is 2. The minimum absolute atomic E-state index is 0.391. The van der Waals surface area contributed by atoms with Gasteiger partial charge >= 0.3 is 5.97 Å². The molecule has 0 heterocycles.